The van der Waals surface area contributed by atoms with Gasteiger partial charge in [0.15, 0.2) is 17.5 Å². The molecule has 0 heterocycles. The first-order valence-corrected chi connectivity index (χ1v) is 9.51. The first-order valence-electron chi connectivity index (χ1n) is 9.51. The monoisotopic (exact) mass is 386 g/mol. The van der Waals surface area contributed by atoms with Crippen LogP contribution in [0.15, 0.2) is 48.5 Å². The van der Waals surface area contributed by atoms with Crippen LogP contribution in [0.3, 0.4) is 0 Å². The third kappa shape index (κ3) is 4.11. The van der Waals surface area contributed by atoms with Crippen molar-refractivity contribution in [3.05, 3.63) is 82.9 Å². The van der Waals surface area contributed by atoms with Crippen LogP contribution >= 0.6 is 0 Å². The predicted octanol–water partition coefficient (Wildman–Crippen LogP) is 7.48. The largest absolute Gasteiger partial charge is 0.206 e. The van der Waals surface area contributed by atoms with E-state index in [-0.39, 0.29) is 11.4 Å². The Morgan fingerprint density at radius 2 is 1.36 bits per heavy atom. The average Bonchev–Trinajstić information content (AvgIpc) is 2.69. The van der Waals surface area contributed by atoms with Crippen LogP contribution < -0.4 is 0 Å². The summed E-state index contributed by atoms with van der Waals surface area (Å²) in [6.07, 6.45) is 3.49. The maximum absolute atomic E-state index is 14.6. The topological polar surface area (TPSA) is 0 Å². The average molecular weight is 386 g/mol. The molecule has 3 rings (SSSR count). The molecule has 0 atom stereocenters. The van der Waals surface area contributed by atoms with E-state index in [1.165, 1.54) is 0 Å². The minimum Gasteiger partial charge on any atom is -0.206 e. The van der Waals surface area contributed by atoms with E-state index >= 15 is 0 Å². The molecule has 146 valence electrons. The highest BCUT2D eigenvalue weighted by Gasteiger charge is 2.15. The number of unbranched alkanes of at least 4 members (excludes halogenated alkanes) is 1. The lowest BCUT2D eigenvalue weighted by Gasteiger charge is -2.13. The van der Waals surface area contributed by atoms with Crippen LogP contribution in [-0.2, 0) is 12.8 Å². The third-order valence-corrected chi connectivity index (χ3v) is 4.94. The molecular weight excluding hydrogens is 364 g/mol. The van der Waals surface area contributed by atoms with Crippen LogP contribution in [0.4, 0.5) is 17.6 Å². The predicted molar refractivity (Wildman–Crippen MR) is 105 cm³/mol. The van der Waals surface area contributed by atoms with Crippen molar-refractivity contribution in [2.75, 3.05) is 0 Å². The maximum atomic E-state index is 14.6. The van der Waals surface area contributed by atoms with E-state index in [1.807, 2.05) is 19.1 Å². The Kier molecular flexibility index (Phi) is 6.18. The van der Waals surface area contributed by atoms with Gasteiger partial charge in [-0.25, -0.2) is 17.6 Å². The number of halogens is 4. The number of hydrogen-bond acceptors (Lipinski definition) is 0. The fourth-order valence-electron chi connectivity index (χ4n) is 3.38. The number of benzene rings is 3. The van der Waals surface area contributed by atoms with E-state index in [0.717, 1.165) is 42.5 Å². The van der Waals surface area contributed by atoms with Crippen LogP contribution in [0, 0.1) is 23.3 Å². The molecule has 0 saturated carbocycles. The fraction of sp³-hybridized carbons (Fsp3) is 0.250. The summed E-state index contributed by atoms with van der Waals surface area (Å²) < 4.78 is 55.1. The Hall–Kier alpha value is -2.62. The Labute approximate surface area is 162 Å². The van der Waals surface area contributed by atoms with Gasteiger partial charge in [0.1, 0.15) is 5.82 Å². The van der Waals surface area contributed by atoms with Crippen molar-refractivity contribution < 1.29 is 17.6 Å². The lowest BCUT2D eigenvalue weighted by molar-refractivity contribution is 0.447. The Morgan fingerprint density at radius 1 is 0.679 bits per heavy atom. The van der Waals surface area contributed by atoms with Crippen molar-refractivity contribution in [1.29, 1.82) is 0 Å². The van der Waals surface area contributed by atoms with Gasteiger partial charge in [-0.2, -0.15) is 0 Å². The molecule has 0 nitrogen and oxygen atoms in total. The molecular formula is C24H22F4. The smallest absolute Gasteiger partial charge is 0.194 e. The summed E-state index contributed by atoms with van der Waals surface area (Å²) in [6.45, 7) is 4.00. The standard InChI is InChI=1S/C24H22F4/c1-3-5-6-15-7-9-20(21(25)11-15)17-8-10-19(16(4-2)12-17)18-13-22(26)24(28)23(27)14-18/h7-14H,3-6H2,1-2H3. The molecule has 0 amide bonds. The second-order valence-electron chi connectivity index (χ2n) is 6.90. The highest BCUT2D eigenvalue weighted by atomic mass is 19.2. The van der Waals surface area contributed by atoms with E-state index in [1.54, 1.807) is 24.3 Å². The van der Waals surface area contributed by atoms with Gasteiger partial charge in [0.05, 0.1) is 0 Å². The molecule has 0 radical (unpaired) electrons. The van der Waals surface area contributed by atoms with Gasteiger partial charge in [-0.15, -0.1) is 0 Å². The van der Waals surface area contributed by atoms with Gasteiger partial charge in [-0.05, 0) is 65.3 Å². The fourth-order valence-corrected chi connectivity index (χ4v) is 3.38. The third-order valence-electron chi connectivity index (χ3n) is 4.94. The molecule has 0 aliphatic heterocycles. The SMILES string of the molecule is CCCCc1ccc(-c2ccc(-c3cc(F)c(F)c(F)c3)c(CC)c2)c(F)c1. The lowest BCUT2D eigenvalue weighted by Crippen LogP contribution is -1.96. The molecule has 28 heavy (non-hydrogen) atoms. The summed E-state index contributed by atoms with van der Waals surface area (Å²) in [7, 11) is 0. The van der Waals surface area contributed by atoms with Crippen molar-refractivity contribution in [1.82, 2.24) is 0 Å². The molecule has 4 heteroatoms. The van der Waals surface area contributed by atoms with Crippen molar-refractivity contribution in [2.24, 2.45) is 0 Å². The zero-order valence-corrected chi connectivity index (χ0v) is 16.0. The van der Waals surface area contributed by atoms with Gasteiger partial charge in [0, 0.05) is 5.56 Å². The van der Waals surface area contributed by atoms with Gasteiger partial charge in [0.25, 0.3) is 0 Å². The van der Waals surface area contributed by atoms with Crippen molar-refractivity contribution >= 4 is 0 Å². The van der Waals surface area contributed by atoms with Gasteiger partial charge in [-0.1, -0.05) is 50.6 Å². The molecule has 0 unspecified atom stereocenters. The minimum atomic E-state index is -1.48. The summed E-state index contributed by atoms with van der Waals surface area (Å²) >= 11 is 0. The second kappa shape index (κ2) is 8.59. The van der Waals surface area contributed by atoms with Crippen LogP contribution in [0.2, 0.25) is 0 Å². The van der Waals surface area contributed by atoms with Crippen molar-refractivity contribution in [2.45, 2.75) is 39.5 Å². The summed E-state index contributed by atoms with van der Waals surface area (Å²) in [5, 5.41) is 0. The normalized spacial score (nSPS) is 11.1. The molecule has 0 aliphatic carbocycles. The van der Waals surface area contributed by atoms with Crippen LogP contribution in [0.5, 0.6) is 0 Å². The van der Waals surface area contributed by atoms with Crippen LogP contribution in [0.1, 0.15) is 37.8 Å². The van der Waals surface area contributed by atoms with Gasteiger partial charge in [0.2, 0.25) is 0 Å². The maximum Gasteiger partial charge on any atom is 0.194 e. The molecule has 0 N–H and O–H groups in total. The summed E-state index contributed by atoms with van der Waals surface area (Å²) in [5.74, 6) is -4.23. The highest BCUT2D eigenvalue weighted by molar-refractivity contribution is 5.74. The van der Waals surface area contributed by atoms with Gasteiger partial charge in [-0.3, -0.25) is 0 Å². The van der Waals surface area contributed by atoms with E-state index in [9.17, 15) is 17.6 Å². The van der Waals surface area contributed by atoms with E-state index in [2.05, 4.69) is 6.92 Å². The second-order valence-corrected chi connectivity index (χ2v) is 6.90. The van der Waals surface area contributed by atoms with Gasteiger partial charge >= 0.3 is 0 Å². The van der Waals surface area contributed by atoms with E-state index in [4.69, 9.17) is 0 Å². The zero-order chi connectivity index (χ0) is 20.3. The van der Waals surface area contributed by atoms with Gasteiger partial charge < -0.3 is 0 Å². The summed E-state index contributed by atoms with van der Waals surface area (Å²) in [5.41, 5.74) is 3.81. The lowest BCUT2D eigenvalue weighted by atomic mass is 9.93. The molecule has 0 saturated heterocycles. The van der Waals surface area contributed by atoms with E-state index < -0.39 is 17.5 Å². The zero-order valence-electron chi connectivity index (χ0n) is 16.0. The summed E-state index contributed by atoms with van der Waals surface area (Å²) in [6, 6.07) is 12.5. The van der Waals surface area contributed by atoms with Crippen LogP contribution in [-0.4, -0.2) is 0 Å². The quantitative estimate of drug-likeness (QED) is 0.304. The van der Waals surface area contributed by atoms with Crippen LogP contribution in [0.25, 0.3) is 22.3 Å². The summed E-state index contributed by atoms with van der Waals surface area (Å²) in [4.78, 5) is 0. The highest BCUT2D eigenvalue weighted by Crippen LogP contribution is 2.32. The Morgan fingerprint density at radius 3 is 1.96 bits per heavy atom. The molecule has 0 aliphatic rings. The molecule has 0 spiro atoms. The first kappa shape index (κ1) is 20.1. The number of hydrogen-bond donors (Lipinski definition) is 0. The minimum absolute atomic E-state index is 0.259. The number of aryl methyl sites for hydroxylation is 2. The van der Waals surface area contributed by atoms with Crippen molar-refractivity contribution in [3.8, 4) is 22.3 Å². The number of rotatable bonds is 6. The molecule has 0 aromatic heterocycles. The Bertz CT molecular complexity index is 969. The van der Waals surface area contributed by atoms with Crippen molar-refractivity contribution in [3.63, 3.8) is 0 Å². The van der Waals surface area contributed by atoms with E-state index in [0.29, 0.717) is 23.1 Å². The first-order chi connectivity index (χ1) is 13.4. The molecule has 3 aromatic rings. The molecule has 0 bridgehead atoms. The Balaban J connectivity index is 2.00. The molecule has 0 fully saturated rings. The molecule has 3 aromatic carbocycles.